The predicted octanol–water partition coefficient (Wildman–Crippen LogP) is 3.97. The van der Waals surface area contributed by atoms with Crippen LogP contribution in [-0.4, -0.2) is 25.0 Å². The second-order valence-electron chi connectivity index (χ2n) is 5.48. The van der Waals surface area contributed by atoms with E-state index >= 15 is 0 Å². The molecule has 1 aromatic heterocycles. The molecular weight excluding hydrogens is 453 g/mol. The average molecular weight is 469 g/mol. The van der Waals surface area contributed by atoms with Crippen molar-refractivity contribution in [3.63, 3.8) is 0 Å². The van der Waals surface area contributed by atoms with Crippen molar-refractivity contribution in [2.75, 3.05) is 6.61 Å². The Morgan fingerprint density at radius 1 is 1.12 bits per heavy atom. The van der Waals surface area contributed by atoms with Crippen molar-refractivity contribution >= 4 is 49.5 Å². The van der Waals surface area contributed by atoms with Gasteiger partial charge >= 0.3 is 5.97 Å². The highest BCUT2D eigenvalue weighted by Gasteiger charge is 2.30. The number of rotatable bonds is 4. The third-order valence-corrected chi connectivity index (χ3v) is 6.62. The lowest BCUT2D eigenvalue weighted by atomic mass is 10.2. The van der Waals surface area contributed by atoms with Crippen molar-refractivity contribution in [3.05, 3.63) is 63.4 Å². The van der Waals surface area contributed by atoms with Crippen molar-refractivity contribution in [1.82, 2.24) is 3.97 Å². The molecule has 0 saturated heterocycles. The molecule has 5 nitrogen and oxygen atoms in total. The minimum atomic E-state index is -3.94. The van der Waals surface area contributed by atoms with Gasteiger partial charge in [0.15, 0.2) is 5.69 Å². The number of carbonyl (C=O) groups is 1. The van der Waals surface area contributed by atoms with E-state index in [0.717, 1.165) is 9.54 Å². The zero-order chi connectivity index (χ0) is 18.2. The SMILES string of the molecule is CCOC(=O)c1c(I)c2ccccc2n1S(=O)(=O)c1ccc(C)cc1. The van der Waals surface area contributed by atoms with E-state index in [4.69, 9.17) is 4.74 Å². The first kappa shape index (κ1) is 17.9. The van der Waals surface area contributed by atoms with E-state index in [1.807, 2.05) is 35.6 Å². The highest BCUT2D eigenvalue weighted by molar-refractivity contribution is 14.1. The number of nitrogens with zero attached hydrogens (tertiary/aromatic N) is 1. The molecule has 3 aromatic rings. The molecule has 0 spiro atoms. The zero-order valence-corrected chi connectivity index (χ0v) is 16.7. The number of esters is 1. The fourth-order valence-corrected chi connectivity index (χ4v) is 5.21. The van der Waals surface area contributed by atoms with Crippen LogP contribution in [0.25, 0.3) is 10.9 Å². The minimum absolute atomic E-state index is 0.0317. The van der Waals surface area contributed by atoms with Crippen LogP contribution in [0.5, 0.6) is 0 Å². The minimum Gasteiger partial charge on any atom is -0.461 e. The zero-order valence-electron chi connectivity index (χ0n) is 13.7. The Morgan fingerprint density at radius 2 is 1.76 bits per heavy atom. The fraction of sp³-hybridized carbons (Fsp3) is 0.167. The third-order valence-electron chi connectivity index (χ3n) is 3.80. The highest BCUT2D eigenvalue weighted by atomic mass is 127. The van der Waals surface area contributed by atoms with Crippen LogP contribution in [0.15, 0.2) is 53.4 Å². The maximum atomic E-state index is 13.3. The van der Waals surface area contributed by atoms with E-state index in [1.54, 1.807) is 49.4 Å². The van der Waals surface area contributed by atoms with Gasteiger partial charge in [-0.2, -0.15) is 0 Å². The molecule has 0 atom stereocenters. The summed E-state index contributed by atoms with van der Waals surface area (Å²) in [5.74, 6) is -0.654. The summed E-state index contributed by atoms with van der Waals surface area (Å²) in [4.78, 5) is 12.6. The van der Waals surface area contributed by atoms with E-state index in [9.17, 15) is 13.2 Å². The van der Waals surface area contributed by atoms with Crippen LogP contribution in [-0.2, 0) is 14.8 Å². The molecule has 3 rings (SSSR count). The molecule has 0 bridgehead atoms. The molecule has 25 heavy (non-hydrogen) atoms. The number of aryl methyl sites for hydroxylation is 1. The van der Waals surface area contributed by atoms with Gasteiger partial charge in [-0.15, -0.1) is 0 Å². The number of hydrogen-bond acceptors (Lipinski definition) is 4. The summed E-state index contributed by atoms with van der Waals surface area (Å²) in [5.41, 5.74) is 1.44. The first-order valence-electron chi connectivity index (χ1n) is 7.66. The van der Waals surface area contributed by atoms with Gasteiger partial charge in [0.25, 0.3) is 10.0 Å². The Morgan fingerprint density at radius 3 is 2.40 bits per heavy atom. The van der Waals surface area contributed by atoms with Crippen molar-refractivity contribution in [3.8, 4) is 0 Å². The smallest absolute Gasteiger partial charge is 0.357 e. The number of carbonyl (C=O) groups excluding carboxylic acids is 1. The van der Waals surface area contributed by atoms with Crippen molar-refractivity contribution in [2.24, 2.45) is 0 Å². The molecule has 0 N–H and O–H groups in total. The van der Waals surface area contributed by atoms with Gasteiger partial charge in [-0.25, -0.2) is 17.2 Å². The van der Waals surface area contributed by atoms with E-state index in [0.29, 0.717) is 14.5 Å². The third kappa shape index (κ3) is 3.06. The van der Waals surface area contributed by atoms with Gasteiger partial charge in [-0.3, -0.25) is 0 Å². The maximum Gasteiger partial charge on any atom is 0.357 e. The Balaban J connectivity index is 2.36. The highest BCUT2D eigenvalue weighted by Crippen LogP contribution is 2.32. The number of para-hydroxylation sites is 1. The maximum absolute atomic E-state index is 13.3. The summed E-state index contributed by atoms with van der Waals surface area (Å²) in [5, 5.41) is 0.696. The first-order valence-corrected chi connectivity index (χ1v) is 10.2. The number of aromatic nitrogens is 1. The van der Waals surface area contributed by atoms with E-state index in [1.165, 1.54) is 0 Å². The Bertz CT molecular complexity index is 1050. The molecule has 0 aliphatic heterocycles. The second-order valence-corrected chi connectivity index (χ2v) is 8.35. The standard InChI is InChI=1S/C18H16INO4S/c1-3-24-18(21)17-16(19)14-6-4-5-7-15(14)20(17)25(22,23)13-10-8-12(2)9-11-13/h4-11H,3H2,1-2H3. The van der Waals surface area contributed by atoms with Crippen LogP contribution in [0.4, 0.5) is 0 Å². The molecule has 0 radical (unpaired) electrons. The van der Waals surface area contributed by atoms with Gasteiger partial charge in [-0.05, 0) is 54.6 Å². The Kier molecular flexibility index (Phi) is 4.88. The van der Waals surface area contributed by atoms with Gasteiger partial charge in [-0.1, -0.05) is 35.9 Å². The van der Waals surface area contributed by atoms with Crippen LogP contribution in [0, 0.1) is 10.5 Å². The molecule has 0 amide bonds. The lowest BCUT2D eigenvalue weighted by molar-refractivity contribution is 0.0517. The first-order chi connectivity index (χ1) is 11.9. The molecule has 1 heterocycles. The topological polar surface area (TPSA) is 65.4 Å². The van der Waals surface area contributed by atoms with E-state index in [2.05, 4.69) is 0 Å². The van der Waals surface area contributed by atoms with Gasteiger partial charge in [0, 0.05) is 5.39 Å². The summed E-state index contributed by atoms with van der Waals surface area (Å²) < 4.78 is 33.3. The number of hydrogen-bond donors (Lipinski definition) is 0. The van der Waals surface area contributed by atoms with Crippen LogP contribution in [0.1, 0.15) is 23.0 Å². The molecule has 0 aliphatic rings. The fourth-order valence-electron chi connectivity index (χ4n) is 2.61. The Hall–Kier alpha value is -1.87. The largest absolute Gasteiger partial charge is 0.461 e. The second kappa shape index (κ2) is 6.80. The molecule has 130 valence electrons. The number of ether oxygens (including phenoxy) is 1. The molecule has 2 aromatic carbocycles. The average Bonchev–Trinajstić information content (AvgIpc) is 2.89. The van der Waals surface area contributed by atoms with Crippen LogP contribution >= 0.6 is 22.6 Å². The van der Waals surface area contributed by atoms with E-state index < -0.39 is 16.0 Å². The molecule has 0 fully saturated rings. The summed E-state index contributed by atoms with van der Waals surface area (Å²) >= 11 is 1.99. The number of halogens is 1. The van der Waals surface area contributed by atoms with Crippen molar-refractivity contribution < 1.29 is 17.9 Å². The normalized spacial score (nSPS) is 11.6. The summed E-state index contributed by atoms with van der Waals surface area (Å²) in [6.07, 6.45) is 0. The van der Waals surface area contributed by atoms with Crippen LogP contribution < -0.4 is 0 Å². The molecule has 7 heteroatoms. The quantitative estimate of drug-likeness (QED) is 0.429. The summed E-state index contributed by atoms with van der Waals surface area (Å²) in [6, 6.07) is 13.6. The monoisotopic (exact) mass is 469 g/mol. The molecule has 0 aliphatic carbocycles. The lowest BCUT2D eigenvalue weighted by Crippen LogP contribution is -2.20. The number of fused-ring (bicyclic) bond motifs is 1. The van der Waals surface area contributed by atoms with Crippen LogP contribution in [0.2, 0.25) is 0 Å². The predicted molar refractivity (Wildman–Crippen MR) is 104 cm³/mol. The summed E-state index contributed by atoms with van der Waals surface area (Å²) in [7, 11) is -3.94. The van der Waals surface area contributed by atoms with E-state index in [-0.39, 0.29) is 17.2 Å². The number of benzene rings is 2. The lowest BCUT2D eigenvalue weighted by Gasteiger charge is -2.12. The summed E-state index contributed by atoms with van der Waals surface area (Å²) in [6.45, 7) is 3.74. The Labute approximate surface area is 159 Å². The molecular formula is C18H16INO4S. The van der Waals surface area contributed by atoms with Gasteiger partial charge in [0.05, 0.1) is 20.6 Å². The van der Waals surface area contributed by atoms with Gasteiger partial charge in [0.1, 0.15) is 0 Å². The van der Waals surface area contributed by atoms with Crippen molar-refractivity contribution in [2.45, 2.75) is 18.7 Å². The van der Waals surface area contributed by atoms with Crippen molar-refractivity contribution in [1.29, 1.82) is 0 Å². The molecule has 0 unspecified atom stereocenters. The van der Waals surface area contributed by atoms with Gasteiger partial charge in [0.2, 0.25) is 0 Å². The molecule has 0 saturated carbocycles. The van der Waals surface area contributed by atoms with Crippen LogP contribution in [0.3, 0.4) is 0 Å². The van der Waals surface area contributed by atoms with Gasteiger partial charge < -0.3 is 4.74 Å².